The van der Waals surface area contributed by atoms with Gasteiger partial charge in [0.05, 0.1) is 17.6 Å². The number of piperidine rings is 1. The number of likely N-dealkylation sites (tertiary alicyclic amines) is 1. The lowest BCUT2D eigenvalue weighted by Crippen LogP contribution is -2.49. The zero-order valence-electron chi connectivity index (χ0n) is 17.6. The van der Waals surface area contributed by atoms with E-state index in [0.29, 0.717) is 25.1 Å². The minimum absolute atomic E-state index is 0.165. The second kappa shape index (κ2) is 10.0. The van der Waals surface area contributed by atoms with Gasteiger partial charge in [0.25, 0.3) is 0 Å². The minimum atomic E-state index is -4.76. The number of carboxylic acid groups (broad SMARTS) is 1. The first-order chi connectivity index (χ1) is 15.1. The lowest BCUT2D eigenvalue weighted by Gasteiger charge is -2.35. The van der Waals surface area contributed by atoms with Crippen LogP contribution in [0, 0.1) is 0 Å². The smallest absolute Gasteiger partial charge is 0.478 e. The van der Waals surface area contributed by atoms with Gasteiger partial charge in [-0.25, -0.2) is 4.79 Å². The number of alkyl halides is 3. The summed E-state index contributed by atoms with van der Waals surface area (Å²) in [6.07, 6.45) is -2.33. The molecule has 9 heteroatoms. The molecule has 172 valence electrons. The molecule has 3 rings (SSSR count). The molecular weight excluding hydrogens is 425 g/mol. The highest BCUT2D eigenvalue weighted by Gasteiger charge is 2.32. The molecule has 2 aromatic carbocycles. The molecule has 0 aromatic heterocycles. The number of hydrogen-bond donors (Lipinski definition) is 2. The molecule has 0 unspecified atom stereocenters. The number of amides is 1. The van der Waals surface area contributed by atoms with Crippen molar-refractivity contribution in [3.8, 4) is 5.75 Å². The fourth-order valence-corrected chi connectivity index (χ4v) is 3.86. The second-order valence-corrected chi connectivity index (χ2v) is 7.83. The van der Waals surface area contributed by atoms with E-state index in [2.05, 4.69) is 10.1 Å². The van der Waals surface area contributed by atoms with Crippen LogP contribution in [-0.2, 0) is 11.3 Å². The van der Waals surface area contributed by atoms with Gasteiger partial charge in [-0.05, 0) is 61.7 Å². The van der Waals surface area contributed by atoms with E-state index in [4.69, 9.17) is 5.11 Å². The van der Waals surface area contributed by atoms with Crippen molar-refractivity contribution in [3.63, 3.8) is 0 Å². The van der Waals surface area contributed by atoms with Crippen LogP contribution in [0.15, 0.2) is 48.5 Å². The van der Waals surface area contributed by atoms with E-state index >= 15 is 0 Å². The molecule has 0 saturated carbocycles. The van der Waals surface area contributed by atoms with Crippen molar-refractivity contribution in [2.45, 2.75) is 51.2 Å². The van der Waals surface area contributed by atoms with Crippen LogP contribution in [-0.4, -0.2) is 40.8 Å². The summed E-state index contributed by atoms with van der Waals surface area (Å²) in [5.74, 6) is -1.47. The van der Waals surface area contributed by atoms with Crippen molar-refractivity contribution >= 4 is 11.9 Å². The summed E-state index contributed by atoms with van der Waals surface area (Å²) in [5.41, 5.74) is 1.58. The summed E-state index contributed by atoms with van der Waals surface area (Å²) >= 11 is 0. The summed E-state index contributed by atoms with van der Waals surface area (Å²) in [6.45, 7) is 2.80. The lowest BCUT2D eigenvalue weighted by molar-refractivity contribution is -0.274. The average molecular weight is 450 g/mol. The highest BCUT2D eigenvalue weighted by atomic mass is 19.4. The number of nitrogens with zero attached hydrogens (tertiary/aromatic N) is 1. The van der Waals surface area contributed by atoms with Crippen molar-refractivity contribution < 1.29 is 32.6 Å². The first-order valence-electron chi connectivity index (χ1n) is 10.3. The van der Waals surface area contributed by atoms with Crippen LogP contribution in [0.5, 0.6) is 5.75 Å². The van der Waals surface area contributed by atoms with Crippen LogP contribution in [0.2, 0.25) is 0 Å². The van der Waals surface area contributed by atoms with E-state index in [9.17, 15) is 22.8 Å². The molecule has 0 spiro atoms. The maximum atomic E-state index is 13.0. The van der Waals surface area contributed by atoms with Crippen molar-refractivity contribution in [1.82, 2.24) is 10.2 Å². The maximum Gasteiger partial charge on any atom is 0.573 e. The second-order valence-electron chi connectivity index (χ2n) is 7.83. The number of nitrogens with one attached hydrogen (secondary N) is 1. The summed E-state index contributed by atoms with van der Waals surface area (Å²) < 4.78 is 41.5. The Bertz CT molecular complexity index is 947. The summed E-state index contributed by atoms with van der Waals surface area (Å²) in [4.78, 5) is 26.0. The predicted molar refractivity (Wildman–Crippen MR) is 111 cm³/mol. The fraction of sp³-hybridized carbons (Fsp3) is 0.391. The maximum absolute atomic E-state index is 13.0. The third-order valence-electron chi connectivity index (χ3n) is 5.45. The number of halogens is 3. The largest absolute Gasteiger partial charge is 0.573 e. The minimum Gasteiger partial charge on any atom is -0.478 e. The molecule has 32 heavy (non-hydrogen) atoms. The van der Waals surface area contributed by atoms with Gasteiger partial charge in [0.2, 0.25) is 5.91 Å². The van der Waals surface area contributed by atoms with Crippen LogP contribution in [0.1, 0.15) is 53.7 Å². The molecule has 1 saturated heterocycles. The van der Waals surface area contributed by atoms with Crippen molar-refractivity contribution in [2.24, 2.45) is 0 Å². The summed E-state index contributed by atoms with van der Waals surface area (Å²) in [7, 11) is 0. The van der Waals surface area contributed by atoms with E-state index in [-0.39, 0.29) is 23.3 Å². The number of aromatic carboxylic acids is 1. The van der Waals surface area contributed by atoms with Gasteiger partial charge in [0, 0.05) is 6.54 Å². The number of ether oxygens (including phenoxy) is 1. The van der Waals surface area contributed by atoms with Crippen molar-refractivity contribution in [3.05, 3.63) is 65.2 Å². The van der Waals surface area contributed by atoms with Crippen LogP contribution in [0.25, 0.3) is 0 Å². The average Bonchev–Trinajstić information content (AvgIpc) is 2.73. The normalized spacial score (nSPS) is 18.1. The third-order valence-corrected chi connectivity index (χ3v) is 5.45. The quantitative estimate of drug-likeness (QED) is 0.649. The molecule has 6 nitrogen and oxygen atoms in total. The Kier molecular flexibility index (Phi) is 7.40. The third kappa shape index (κ3) is 6.46. The Labute approximate surface area is 184 Å². The Morgan fingerprint density at radius 1 is 1.19 bits per heavy atom. The Morgan fingerprint density at radius 2 is 1.91 bits per heavy atom. The molecule has 1 aliphatic heterocycles. The van der Waals surface area contributed by atoms with Crippen molar-refractivity contribution in [2.75, 3.05) is 6.54 Å². The molecule has 0 bridgehead atoms. The van der Waals surface area contributed by atoms with Gasteiger partial charge in [-0.1, -0.05) is 30.7 Å². The van der Waals surface area contributed by atoms with E-state index in [1.165, 1.54) is 30.3 Å². The highest BCUT2D eigenvalue weighted by molar-refractivity contribution is 5.87. The molecule has 1 fully saturated rings. The molecule has 2 aromatic rings. The number of benzene rings is 2. The zero-order chi connectivity index (χ0) is 23.3. The molecule has 2 N–H and O–H groups in total. The van der Waals surface area contributed by atoms with E-state index in [1.807, 2.05) is 11.8 Å². The number of hydrogen-bond acceptors (Lipinski definition) is 4. The monoisotopic (exact) mass is 450 g/mol. The summed E-state index contributed by atoms with van der Waals surface area (Å²) in [5, 5.41) is 12.0. The van der Waals surface area contributed by atoms with Crippen LogP contribution >= 0.6 is 0 Å². The number of carbonyl (C=O) groups is 2. The molecule has 2 atom stereocenters. The van der Waals surface area contributed by atoms with Gasteiger partial charge in [0.1, 0.15) is 5.75 Å². The van der Waals surface area contributed by atoms with Gasteiger partial charge in [-0.3, -0.25) is 9.69 Å². The van der Waals surface area contributed by atoms with Crippen LogP contribution in [0.3, 0.4) is 0 Å². The molecule has 1 amide bonds. The first-order valence-corrected chi connectivity index (χ1v) is 10.3. The molecule has 1 heterocycles. The predicted octanol–water partition coefficient (Wildman–Crippen LogP) is 4.52. The number of carboxylic acids is 1. The topological polar surface area (TPSA) is 78.9 Å². The standard InChI is InChI=1S/C23H25F3N2O4/c1-15(17-8-10-18(11-9-17)22(30)31)27-21(29)20-7-2-3-12-28(20)14-16-5-4-6-19(13-16)32-23(24,25)26/h4-6,8-11,13,15,20H,2-3,7,12,14H2,1H3,(H,27,29)(H,30,31)/t15-,20+/m0/s1. The molecule has 0 radical (unpaired) electrons. The van der Waals surface area contributed by atoms with Gasteiger partial charge in [0.15, 0.2) is 0 Å². The van der Waals surface area contributed by atoms with Gasteiger partial charge >= 0.3 is 12.3 Å². The lowest BCUT2D eigenvalue weighted by atomic mass is 9.99. The van der Waals surface area contributed by atoms with E-state index < -0.39 is 18.4 Å². The first kappa shape index (κ1) is 23.6. The van der Waals surface area contributed by atoms with E-state index in [1.54, 1.807) is 18.2 Å². The zero-order valence-corrected chi connectivity index (χ0v) is 17.6. The number of rotatable bonds is 7. The SMILES string of the molecule is C[C@H](NC(=O)[C@H]1CCCCN1Cc1cccc(OC(F)(F)F)c1)c1ccc(C(=O)O)cc1. The van der Waals surface area contributed by atoms with Gasteiger partial charge in [-0.15, -0.1) is 13.2 Å². The Morgan fingerprint density at radius 3 is 2.56 bits per heavy atom. The van der Waals surface area contributed by atoms with Crippen LogP contribution < -0.4 is 10.1 Å². The number of carbonyl (C=O) groups excluding carboxylic acids is 1. The Hall–Kier alpha value is -3.07. The molecule has 1 aliphatic rings. The van der Waals surface area contributed by atoms with Gasteiger partial charge < -0.3 is 15.2 Å². The van der Waals surface area contributed by atoms with Crippen LogP contribution in [0.4, 0.5) is 13.2 Å². The van der Waals surface area contributed by atoms with Crippen molar-refractivity contribution in [1.29, 1.82) is 0 Å². The van der Waals surface area contributed by atoms with Gasteiger partial charge in [-0.2, -0.15) is 0 Å². The Balaban J connectivity index is 1.66. The molecular formula is C23H25F3N2O4. The highest BCUT2D eigenvalue weighted by Crippen LogP contribution is 2.26. The van der Waals surface area contributed by atoms with E-state index in [0.717, 1.165) is 18.4 Å². The summed E-state index contributed by atoms with van der Waals surface area (Å²) in [6, 6.07) is 11.4. The fourth-order valence-electron chi connectivity index (χ4n) is 3.86. The molecule has 0 aliphatic carbocycles.